The average molecular weight is 467 g/mol. The van der Waals surface area contributed by atoms with Gasteiger partial charge in [-0.25, -0.2) is 4.39 Å². The Bertz CT molecular complexity index is 821. The first-order chi connectivity index (χ1) is 16.7. The van der Waals surface area contributed by atoms with Crippen molar-refractivity contribution in [2.45, 2.75) is 117 Å². The van der Waals surface area contributed by atoms with Crippen LogP contribution in [0.4, 0.5) is 4.39 Å². The van der Waals surface area contributed by atoms with E-state index in [0.29, 0.717) is 17.6 Å². The average Bonchev–Trinajstić information content (AvgIpc) is 2.86. The Balaban J connectivity index is 1.77. The number of ether oxygens (including phenoxy) is 1. The third-order valence-corrected chi connectivity index (χ3v) is 7.69. The van der Waals surface area contributed by atoms with Crippen molar-refractivity contribution in [3.05, 3.63) is 53.8 Å². The summed E-state index contributed by atoms with van der Waals surface area (Å²) in [7, 11) is 0. The Labute approximate surface area is 208 Å². The maximum Gasteiger partial charge on any atom is 0.165 e. The van der Waals surface area contributed by atoms with E-state index in [2.05, 4.69) is 45.0 Å². The summed E-state index contributed by atoms with van der Waals surface area (Å²) in [5, 5.41) is 0. The van der Waals surface area contributed by atoms with Gasteiger partial charge in [0.2, 0.25) is 0 Å². The molecule has 0 N–H and O–H groups in total. The van der Waals surface area contributed by atoms with Gasteiger partial charge in [0.05, 0.1) is 0 Å². The standard InChI is InChI=1S/C32H47FO/c1-4-7-8-10-15-27(14-6-3)32(28-16-11-9-12-17-28)34-31-23-22-29(24-30(31)33)26-20-18-25(13-5-2)19-21-26/h18-24,27-28,32H,4-17H2,1-3H3. The number of hydrogen-bond acceptors (Lipinski definition) is 1. The Hall–Kier alpha value is -1.83. The molecule has 2 heteroatoms. The van der Waals surface area contributed by atoms with Gasteiger partial charge in [-0.1, -0.05) is 109 Å². The van der Waals surface area contributed by atoms with Crippen molar-refractivity contribution in [2.75, 3.05) is 0 Å². The van der Waals surface area contributed by atoms with Crippen molar-refractivity contribution < 1.29 is 9.13 Å². The Morgan fingerprint density at radius 1 is 0.794 bits per heavy atom. The SMILES string of the molecule is CCCCCCC(CCC)C(Oc1ccc(-c2ccc(CCC)cc2)cc1F)C1CCCCC1. The predicted octanol–water partition coefficient (Wildman–Crippen LogP) is 10.2. The fourth-order valence-electron chi connectivity index (χ4n) is 5.79. The molecule has 0 amide bonds. The second-order valence-electron chi connectivity index (χ2n) is 10.5. The van der Waals surface area contributed by atoms with E-state index < -0.39 is 0 Å². The lowest BCUT2D eigenvalue weighted by Crippen LogP contribution is -2.36. The molecule has 0 aromatic heterocycles. The van der Waals surface area contributed by atoms with E-state index in [1.165, 1.54) is 82.6 Å². The quantitative estimate of drug-likeness (QED) is 0.252. The number of benzene rings is 2. The van der Waals surface area contributed by atoms with Crippen LogP contribution < -0.4 is 4.74 Å². The topological polar surface area (TPSA) is 9.23 Å². The molecule has 1 nitrogen and oxygen atoms in total. The van der Waals surface area contributed by atoms with Crippen LogP contribution in [0.1, 0.15) is 110 Å². The number of halogens is 1. The Morgan fingerprint density at radius 2 is 1.53 bits per heavy atom. The van der Waals surface area contributed by atoms with Gasteiger partial charge in [-0.05, 0) is 72.8 Å². The minimum absolute atomic E-state index is 0.135. The van der Waals surface area contributed by atoms with Crippen LogP contribution in [0.5, 0.6) is 5.75 Å². The highest BCUT2D eigenvalue weighted by atomic mass is 19.1. The summed E-state index contributed by atoms with van der Waals surface area (Å²) in [6.45, 7) is 6.74. The van der Waals surface area contributed by atoms with Gasteiger partial charge in [0.15, 0.2) is 11.6 Å². The largest absolute Gasteiger partial charge is 0.487 e. The van der Waals surface area contributed by atoms with Crippen molar-refractivity contribution in [1.29, 1.82) is 0 Å². The Morgan fingerprint density at radius 3 is 2.18 bits per heavy atom. The highest BCUT2D eigenvalue weighted by Crippen LogP contribution is 2.37. The summed E-state index contributed by atoms with van der Waals surface area (Å²) in [6.07, 6.45) is 17.4. The fourth-order valence-corrected chi connectivity index (χ4v) is 5.79. The molecule has 2 unspecified atom stereocenters. The lowest BCUT2D eigenvalue weighted by Gasteiger charge is -2.36. The fraction of sp³-hybridized carbons (Fsp3) is 0.625. The predicted molar refractivity (Wildman–Crippen MR) is 144 cm³/mol. The lowest BCUT2D eigenvalue weighted by atomic mass is 9.77. The summed E-state index contributed by atoms with van der Waals surface area (Å²) in [5.74, 6) is 1.30. The zero-order valence-corrected chi connectivity index (χ0v) is 22.0. The van der Waals surface area contributed by atoms with Gasteiger partial charge in [0, 0.05) is 0 Å². The first-order valence-corrected chi connectivity index (χ1v) is 14.2. The summed E-state index contributed by atoms with van der Waals surface area (Å²) in [6, 6.07) is 14.1. The van der Waals surface area contributed by atoms with E-state index in [1.54, 1.807) is 6.07 Å². The summed E-state index contributed by atoms with van der Waals surface area (Å²) in [4.78, 5) is 0. The molecule has 188 valence electrons. The van der Waals surface area contributed by atoms with E-state index >= 15 is 4.39 Å². The van der Waals surface area contributed by atoms with Gasteiger partial charge in [-0.15, -0.1) is 0 Å². The lowest BCUT2D eigenvalue weighted by molar-refractivity contribution is 0.0429. The van der Waals surface area contributed by atoms with Gasteiger partial charge < -0.3 is 4.74 Å². The van der Waals surface area contributed by atoms with Gasteiger partial charge in [0.1, 0.15) is 6.10 Å². The molecule has 0 bridgehead atoms. The normalized spacial score (nSPS) is 16.4. The van der Waals surface area contributed by atoms with E-state index in [9.17, 15) is 0 Å². The van der Waals surface area contributed by atoms with Crippen LogP contribution in [0.2, 0.25) is 0 Å². The number of aryl methyl sites for hydroxylation is 1. The van der Waals surface area contributed by atoms with Gasteiger partial charge >= 0.3 is 0 Å². The second-order valence-corrected chi connectivity index (χ2v) is 10.5. The summed E-state index contributed by atoms with van der Waals surface area (Å²) in [5.41, 5.74) is 3.32. The molecule has 0 aliphatic heterocycles. The number of unbranched alkanes of at least 4 members (excludes halogenated alkanes) is 3. The zero-order chi connectivity index (χ0) is 24.2. The minimum Gasteiger partial charge on any atom is -0.487 e. The molecule has 0 radical (unpaired) electrons. The third-order valence-electron chi connectivity index (χ3n) is 7.69. The summed E-state index contributed by atoms with van der Waals surface area (Å²) >= 11 is 0. The molecular formula is C32H47FO. The molecule has 2 aromatic rings. The molecule has 1 aliphatic rings. The second kappa shape index (κ2) is 14.5. The minimum atomic E-state index is -0.225. The van der Waals surface area contributed by atoms with Crippen LogP contribution in [0.25, 0.3) is 11.1 Å². The van der Waals surface area contributed by atoms with Crippen molar-refractivity contribution in [3.63, 3.8) is 0 Å². The van der Waals surface area contributed by atoms with Crippen molar-refractivity contribution in [2.24, 2.45) is 11.8 Å². The van der Waals surface area contributed by atoms with E-state index in [4.69, 9.17) is 4.74 Å². The molecule has 0 spiro atoms. The molecule has 0 saturated heterocycles. The molecule has 1 aliphatic carbocycles. The maximum absolute atomic E-state index is 15.3. The molecule has 2 aromatic carbocycles. The summed E-state index contributed by atoms with van der Waals surface area (Å²) < 4.78 is 22.0. The first kappa shape index (κ1) is 26.8. The van der Waals surface area contributed by atoms with Crippen LogP contribution in [0, 0.1) is 17.7 Å². The van der Waals surface area contributed by atoms with Gasteiger partial charge in [0.25, 0.3) is 0 Å². The monoisotopic (exact) mass is 466 g/mol. The van der Waals surface area contributed by atoms with Crippen molar-refractivity contribution >= 4 is 0 Å². The van der Waals surface area contributed by atoms with Crippen LogP contribution in [-0.2, 0) is 6.42 Å². The zero-order valence-electron chi connectivity index (χ0n) is 22.0. The van der Waals surface area contributed by atoms with E-state index in [0.717, 1.165) is 24.0 Å². The van der Waals surface area contributed by atoms with Crippen molar-refractivity contribution in [1.82, 2.24) is 0 Å². The molecular weight excluding hydrogens is 419 g/mol. The van der Waals surface area contributed by atoms with Crippen LogP contribution >= 0.6 is 0 Å². The van der Waals surface area contributed by atoms with Crippen molar-refractivity contribution in [3.8, 4) is 16.9 Å². The number of hydrogen-bond donors (Lipinski definition) is 0. The van der Waals surface area contributed by atoms with Crippen LogP contribution in [0.15, 0.2) is 42.5 Å². The smallest absolute Gasteiger partial charge is 0.165 e. The highest BCUT2D eigenvalue weighted by molar-refractivity contribution is 5.64. The molecule has 2 atom stereocenters. The number of rotatable bonds is 14. The van der Waals surface area contributed by atoms with E-state index in [-0.39, 0.29) is 11.9 Å². The highest BCUT2D eigenvalue weighted by Gasteiger charge is 2.32. The molecule has 34 heavy (non-hydrogen) atoms. The van der Waals surface area contributed by atoms with Gasteiger partial charge in [-0.3, -0.25) is 0 Å². The Kier molecular flexibility index (Phi) is 11.4. The third kappa shape index (κ3) is 7.85. The van der Waals surface area contributed by atoms with Crippen LogP contribution in [0.3, 0.4) is 0 Å². The molecule has 3 rings (SSSR count). The molecule has 0 heterocycles. The van der Waals surface area contributed by atoms with E-state index in [1.807, 2.05) is 12.1 Å². The van der Waals surface area contributed by atoms with Gasteiger partial charge in [-0.2, -0.15) is 0 Å². The maximum atomic E-state index is 15.3. The molecule has 1 fully saturated rings. The molecule has 1 saturated carbocycles. The van der Waals surface area contributed by atoms with Crippen LogP contribution in [-0.4, -0.2) is 6.10 Å². The first-order valence-electron chi connectivity index (χ1n) is 14.2.